The molecule has 0 fully saturated rings. The van der Waals surface area contributed by atoms with Gasteiger partial charge < -0.3 is 9.15 Å². The van der Waals surface area contributed by atoms with Crippen LogP contribution in [0, 0.1) is 6.92 Å². The van der Waals surface area contributed by atoms with Gasteiger partial charge in [0.05, 0.1) is 12.8 Å². The summed E-state index contributed by atoms with van der Waals surface area (Å²) >= 11 is 0. The zero-order chi connectivity index (χ0) is 24.1. The van der Waals surface area contributed by atoms with Crippen LogP contribution >= 0.6 is 0 Å². The van der Waals surface area contributed by atoms with Crippen molar-refractivity contribution in [3.63, 3.8) is 0 Å². The lowest BCUT2D eigenvalue weighted by Gasteiger charge is -2.13. The molecular weight excluding hydrogens is 438 g/mol. The van der Waals surface area contributed by atoms with Crippen LogP contribution < -0.4 is 21.0 Å². The number of ether oxygens (including phenoxy) is 1. The Morgan fingerprint density at radius 1 is 0.941 bits per heavy atom. The Kier molecular flexibility index (Phi) is 6.67. The summed E-state index contributed by atoms with van der Waals surface area (Å²) in [6.07, 6.45) is 5.08. The molecule has 0 radical (unpaired) electrons. The van der Waals surface area contributed by atoms with Crippen LogP contribution in [-0.2, 0) is 6.42 Å². The number of carbonyl (C=O) groups is 3. The van der Waals surface area contributed by atoms with Gasteiger partial charge in [0.1, 0.15) is 11.5 Å². The maximum Gasteiger partial charge on any atom is 0.305 e. The maximum absolute atomic E-state index is 12.7. The van der Waals surface area contributed by atoms with E-state index in [0.29, 0.717) is 52.3 Å². The molecule has 1 aliphatic carbocycles. The number of hydrazone groups is 1. The molecule has 0 aliphatic heterocycles. The van der Waals surface area contributed by atoms with Gasteiger partial charge in [-0.05, 0) is 56.2 Å². The van der Waals surface area contributed by atoms with Crippen LogP contribution in [-0.4, -0.2) is 35.5 Å². The molecule has 3 aromatic rings. The summed E-state index contributed by atoms with van der Waals surface area (Å²) in [6.45, 7) is 1.74. The van der Waals surface area contributed by atoms with Gasteiger partial charge >= 0.3 is 5.91 Å². The molecule has 0 saturated heterocycles. The quantitative estimate of drug-likeness (QED) is 0.500. The molecule has 10 heteroatoms. The van der Waals surface area contributed by atoms with E-state index < -0.39 is 11.8 Å². The Balaban J connectivity index is 1.46. The molecule has 0 saturated carbocycles. The number of hydrogen-bond donors (Lipinski definition) is 3. The summed E-state index contributed by atoms with van der Waals surface area (Å²) in [6, 6.07) is 9.65. The summed E-state index contributed by atoms with van der Waals surface area (Å²) in [5.74, 6) is -0.114. The smallest absolute Gasteiger partial charge is 0.305 e. The minimum atomic E-state index is -0.589. The normalized spacial score (nSPS) is 13.6. The first-order valence-corrected chi connectivity index (χ1v) is 10.6. The second kappa shape index (κ2) is 9.99. The predicted octanol–water partition coefficient (Wildman–Crippen LogP) is 2.54. The van der Waals surface area contributed by atoms with Crippen molar-refractivity contribution in [2.75, 3.05) is 7.11 Å². The maximum atomic E-state index is 12.7. The average molecular weight is 461 g/mol. The SMILES string of the molecule is COc1ccc(C(=O)NNC(=O)c2oc3c(c2C)/C(=N/NC(=O)c2ccncc2)CCC3)cc1. The molecule has 1 aliphatic rings. The molecule has 4 rings (SSSR count). The number of nitrogens with zero attached hydrogens (tertiary/aromatic N) is 2. The summed E-state index contributed by atoms with van der Waals surface area (Å²) < 4.78 is 10.9. The number of aryl methyl sites for hydroxylation is 1. The number of furan rings is 1. The van der Waals surface area contributed by atoms with E-state index in [0.717, 1.165) is 6.42 Å². The highest BCUT2D eigenvalue weighted by molar-refractivity contribution is 6.07. The Morgan fingerprint density at radius 2 is 1.62 bits per heavy atom. The molecule has 0 bridgehead atoms. The van der Waals surface area contributed by atoms with E-state index in [2.05, 4.69) is 26.4 Å². The Hall–Kier alpha value is -4.47. The number of rotatable bonds is 5. The van der Waals surface area contributed by atoms with E-state index >= 15 is 0 Å². The number of hydrogen-bond acceptors (Lipinski definition) is 7. The first-order chi connectivity index (χ1) is 16.5. The first kappa shape index (κ1) is 22.7. The van der Waals surface area contributed by atoms with E-state index in [1.54, 1.807) is 43.3 Å². The molecule has 0 spiro atoms. The topological polar surface area (TPSA) is 135 Å². The van der Waals surface area contributed by atoms with Crippen molar-refractivity contribution in [3.8, 4) is 5.75 Å². The average Bonchev–Trinajstić information content (AvgIpc) is 3.23. The van der Waals surface area contributed by atoms with Gasteiger partial charge in [-0.15, -0.1) is 0 Å². The van der Waals surface area contributed by atoms with Crippen LogP contribution in [0.25, 0.3) is 0 Å². The molecule has 3 N–H and O–H groups in total. The monoisotopic (exact) mass is 461 g/mol. The molecule has 1 aromatic carbocycles. The number of amides is 3. The number of nitrogens with one attached hydrogen (secondary N) is 3. The van der Waals surface area contributed by atoms with Crippen molar-refractivity contribution in [2.45, 2.75) is 26.2 Å². The third kappa shape index (κ3) is 4.80. The fraction of sp³-hybridized carbons (Fsp3) is 0.208. The third-order valence-corrected chi connectivity index (χ3v) is 5.41. The Bertz CT molecular complexity index is 1250. The summed E-state index contributed by atoms with van der Waals surface area (Å²) in [7, 11) is 1.53. The third-order valence-electron chi connectivity index (χ3n) is 5.41. The van der Waals surface area contributed by atoms with Crippen LogP contribution in [0.15, 0.2) is 58.3 Å². The second-order valence-electron chi connectivity index (χ2n) is 7.58. The summed E-state index contributed by atoms with van der Waals surface area (Å²) in [5, 5.41) is 4.29. The van der Waals surface area contributed by atoms with Crippen LogP contribution in [0.5, 0.6) is 5.75 Å². The number of aromatic nitrogens is 1. The van der Waals surface area contributed by atoms with Crippen molar-refractivity contribution < 1.29 is 23.5 Å². The lowest BCUT2D eigenvalue weighted by Crippen LogP contribution is -2.41. The Morgan fingerprint density at radius 3 is 2.32 bits per heavy atom. The molecule has 34 heavy (non-hydrogen) atoms. The van der Waals surface area contributed by atoms with E-state index in [1.165, 1.54) is 19.5 Å². The van der Waals surface area contributed by atoms with E-state index in [1.807, 2.05) is 0 Å². The van der Waals surface area contributed by atoms with Crippen molar-refractivity contribution in [2.24, 2.45) is 5.10 Å². The van der Waals surface area contributed by atoms with Gasteiger partial charge in [0.15, 0.2) is 5.76 Å². The Labute approximate surface area is 195 Å². The van der Waals surface area contributed by atoms with Crippen LogP contribution in [0.2, 0.25) is 0 Å². The molecule has 0 atom stereocenters. The molecule has 174 valence electrons. The van der Waals surface area contributed by atoms with Crippen molar-refractivity contribution in [3.05, 3.63) is 82.6 Å². The van der Waals surface area contributed by atoms with Gasteiger partial charge in [0.2, 0.25) is 0 Å². The van der Waals surface area contributed by atoms with Crippen LogP contribution in [0.1, 0.15) is 61.0 Å². The van der Waals surface area contributed by atoms with E-state index in [-0.39, 0.29) is 11.7 Å². The highest BCUT2D eigenvalue weighted by Crippen LogP contribution is 2.29. The van der Waals surface area contributed by atoms with Crippen molar-refractivity contribution >= 4 is 23.4 Å². The number of fused-ring (bicyclic) bond motifs is 1. The van der Waals surface area contributed by atoms with Gasteiger partial charge in [-0.1, -0.05) is 0 Å². The van der Waals surface area contributed by atoms with Gasteiger partial charge in [0.25, 0.3) is 11.8 Å². The van der Waals surface area contributed by atoms with Gasteiger partial charge in [-0.2, -0.15) is 5.10 Å². The molecule has 2 aromatic heterocycles. The lowest BCUT2D eigenvalue weighted by molar-refractivity contribution is 0.0829. The van der Waals surface area contributed by atoms with Crippen molar-refractivity contribution in [1.82, 2.24) is 21.3 Å². The minimum Gasteiger partial charge on any atom is -0.497 e. The first-order valence-electron chi connectivity index (χ1n) is 10.6. The van der Waals surface area contributed by atoms with E-state index in [4.69, 9.17) is 9.15 Å². The van der Waals surface area contributed by atoms with Crippen molar-refractivity contribution in [1.29, 1.82) is 0 Å². The number of benzene rings is 1. The number of pyridine rings is 1. The van der Waals surface area contributed by atoms with Gasteiger partial charge in [0, 0.05) is 41.1 Å². The van der Waals surface area contributed by atoms with E-state index in [9.17, 15) is 14.4 Å². The minimum absolute atomic E-state index is 0.0788. The van der Waals surface area contributed by atoms with Gasteiger partial charge in [-0.3, -0.25) is 30.2 Å². The number of methoxy groups -OCH3 is 1. The summed E-state index contributed by atoms with van der Waals surface area (Å²) in [4.78, 5) is 41.2. The van der Waals surface area contributed by atoms with Crippen LogP contribution in [0.3, 0.4) is 0 Å². The van der Waals surface area contributed by atoms with Gasteiger partial charge in [-0.25, -0.2) is 5.43 Å². The fourth-order valence-corrected chi connectivity index (χ4v) is 3.67. The zero-order valence-electron chi connectivity index (χ0n) is 18.7. The van der Waals surface area contributed by atoms with Crippen LogP contribution in [0.4, 0.5) is 0 Å². The highest BCUT2D eigenvalue weighted by Gasteiger charge is 2.28. The number of carbonyl (C=O) groups excluding carboxylic acids is 3. The largest absolute Gasteiger partial charge is 0.497 e. The predicted molar refractivity (Wildman–Crippen MR) is 123 cm³/mol. The number of hydrazine groups is 1. The zero-order valence-corrected chi connectivity index (χ0v) is 18.7. The highest BCUT2D eigenvalue weighted by atomic mass is 16.5. The lowest BCUT2D eigenvalue weighted by atomic mass is 9.93. The summed E-state index contributed by atoms with van der Waals surface area (Å²) in [5.41, 5.74) is 10.0. The fourth-order valence-electron chi connectivity index (χ4n) is 3.67. The molecule has 10 nitrogen and oxygen atoms in total. The second-order valence-corrected chi connectivity index (χ2v) is 7.58. The standard InChI is InChI=1S/C24H23N5O5/c1-14-20-18(26-27-23(31)16-10-12-25-13-11-16)4-3-5-19(20)34-21(14)24(32)29-28-22(30)15-6-8-17(33-2)9-7-15/h6-13H,3-5H2,1-2H3,(H,27,31)(H,28,30)(H,29,32)/b26-18+. The molecule has 2 heterocycles. The molecular formula is C24H23N5O5. The molecule has 0 unspecified atom stereocenters. The molecule has 3 amide bonds.